The molecule has 0 aliphatic rings. The second-order valence-electron chi connectivity index (χ2n) is 5.31. The van der Waals surface area contributed by atoms with E-state index >= 15 is 0 Å². The van der Waals surface area contributed by atoms with Gasteiger partial charge in [-0.3, -0.25) is 0 Å². The van der Waals surface area contributed by atoms with Crippen molar-refractivity contribution >= 4 is 11.6 Å². The van der Waals surface area contributed by atoms with Crippen LogP contribution >= 0.6 is 11.6 Å². The summed E-state index contributed by atoms with van der Waals surface area (Å²) in [6.07, 6.45) is 0.772. The maximum atomic E-state index is 6.15. The molecule has 118 valence electrons. The summed E-state index contributed by atoms with van der Waals surface area (Å²) < 4.78 is 11.3. The average molecular weight is 320 g/mol. The van der Waals surface area contributed by atoms with Gasteiger partial charge in [0.05, 0.1) is 6.61 Å². The van der Waals surface area contributed by atoms with E-state index in [4.69, 9.17) is 26.8 Å². The van der Waals surface area contributed by atoms with E-state index < -0.39 is 0 Å². The minimum absolute atomic E-state index is 0.553. The van der Waals surface area contributed by atoms with Crippen LogP contribution in [-0.4, -0.2) is 13.7 Å². The smallest absolute Gasteiger partial charge is 0.131 e. The van der Waals surface area contributed by atoms with Crippen LogP contribution in [0, 0.1) is 13.8 Å². The summed E-state index contributed by atoms with van der Waals surface area (Å²) in [5.74, 6) is 1.64. The molecule has 0 radical (unpaired) electrons. The third-order valence-electron chi connectivity index (χ3n) is 3.75. The van der Waals surface area contributed by atoms with Gasteiger partial charge in [0.2, 0.25) is 0 Å². The molecule has 0 amide bonds. The average Bonchev–Trinajstić information content (AvgIpc) is 2.51. The van der Waals surface area contributed by atoms with E-state index in [0.29, 0.717) is 13.2 Å². The van der Waals surface area contributed by atoms with Crippen LogP contribution in [0.1, 0.15) is 22.3 Å². The molecule has 3 nitrogen and oxygen atoms in total. The van der Waals surface area contributed by atoms with E-state index in [1.165, 1.54) is 0 Å². The lowest BCUT2D eigenvalue weighted by atomic mass is 10.1. The molecule has 0 spiro atoms. The number of halogens is 1. The molecule has 0 saturated heterocycles. The molecular formula is C18H22ClNO2. The Kier molecular flexibility index (Phi) is 5.83. The van der Waals surface area contributed by atoms with Gasteiger partial charge in [0, 0.05) is 12.1 Å². The molecule has 0 fully saturated rings. The molecule has 0 saturated carbocycles. The van der Waals surface area contributed by atoms with E-state index in [-0.39, 0.29) is 0 Å². The summed E-state index contributed by atoms with van der Waals surface area (Å²) >= 11 is 6.15. The molecule has 22 heavy (non-hydrogen) atoms. The van der Waals surface area contributed by atoms with Crippen molar-refractivity contribution in [3.8, 4) is 11.5 Å². The fourth-order valence-corrected chi connectivity index (χ4v) is 2.51. The molecule has 4 heteroatoms. The van der Waals surface area contributed by atoms with Gasteiger partial charge in [-0.25, -0.2) is 0 Å². The molecule has 0 bridgehead atoms. The Labute approximate surface area is 137 Å². The summed E-state index contributed by atoms with van der Waals surface area (Å²) in [4.78, 5) is 0. The second kappa shape index (κ2) is 7.63. The highest BCUT2D eigenvalue weighted by Crippen LogP contribution is 2.33. The van der Waals surface area contributed by atoms with Gasteiger partial charge in [-0.2, -0.15) is 0 Å². The van der Waals surface area contributed by atoms with Gasteiger partial charge in [-0.1, -0.05) is 23.7 Å². The highest BCUT2D eigenvalue weighted by molar-refractivity contribution is 6.31. The molecule has 0 unspecified atom stereocenters. The number of nitrogens with two attached hydrogens (primary N) is 1. The normalized spacial score (nSPS) is 10.8. The van der Waals surface area contributed by atoms with Crippen LogP contribution < -0.4 is 10.5 Å². The SMILES string of the molecule is COCc1ccc(CCN)c(Oc2ccc(Cl)c(C)c2C)c1. The van der Waals surface area contributed by atoms with Gasteiger partial charge in [0.25, 0.3) is 0 Å². The van der Waals surface area contributed by atoms with Crippen molar-refractivity contribution < 1.29 is 9.47 Å². The fourth-order valence-electron chi connectivity index (χ4n) is 2.30. The van der Waals surface area contributed by atoms with Crippen LogP contribution in [0.15, 0.2) is 30.3 Å². The first-order valence-electron chi connectivity index (χ1n) is 7.31. The number of hydrogen-bond donors (Lipinski definition) is 1. The summed E-state index contributed by atoms with van der Waals surface area (Å²) in [6.45, 7) is 5.14. The molecule has 0 atom stereocenters. The molecular weight excluding hydrogens is 298 g/mol. The predicted octanol–water partition coefficient (Wildman–Crippen LogP) is 4.40. The number of benzene rings is 2. The van der Waals surface area contributed by atoms with Crippen LogP contribution in [0.4, 0.5) is 0 Å². The third-order valence-corrected chi connectivity index (χ3v) is 4.16. The molecule has 0 aliphatic carbocycles. The lowest BCUT2D eigenvalue weighted by Crippen LogP contribution is -2.05. The minimum Gasteiger partial charge on any atom is -0.457 e. The van der Waals surface area contributed by atoms with Crippen molar-refractivity contribution in [3.05, 3.63) is 57.6 Å². The Morgan fingerprint density at radius 3 is 2.50 bits per heavy atom. The van der Waals surface area contributed by atoms with E-state index in [9.17, 15) is 0 Å². The Morgan fingerprint density at radius 2 is 1.82 bits per heavy atom. The van der Waals surface area contributed by atoms with Gasteiger partial charge >= 0.3 is 0 Å². The largest absolute Gasteiger partial charge is 0.457 e. The molecule has 2 rings (SSSR count). The van der Waals surface area contributed by atoms with Crippen molar-refractivity contribution in [1.29, 1.82) is 0 Å². The van der Waals surface area contributed by atoms with Crippen LogP contribution in [0.25, 0.3) is 0 Å². The highest BCUT2D eigenvalue weighted by Gasteiger charge is 2.10. The third kappa shape index (κ3) is 3.80. The topological polar surface area (TPSA) is 44.5 Å². The molecule has 0 aliphatic heterocycles. The fraction of sp³-hybridized carbons (Fsp3) is 0.333. The maximum absolute atomic E-state index is 6.15. The van der Waals surface area contributed by atoms with Crippen molar-refractivity contribution in [3.63, 3.8) is 0 Å². The Balaban J connectivity index is 2.38. The number of rotatable bonds is 6. The van der Waals surface area contributed by atoms with Crippen molar-refractivity contribution in [2.75, 3.05) is 13.7 Å². The predicted molar refractivity (Wildman–Crippen MR) is 90.9 cm³/mol. The standard InChI is InChI=1S/C18H22ClNO2/c1-12-13(2)17(7-6-16(12)19)22-18-10-14(11-21-3)4-5-15(18)8-9-20/h4-7,10H,8-9,11,20H2,1-3H3. The second-order valence-corrected chi connectivity index (χ2v) is 5.72. The molecule has 2 aromatic carbocycles. The number of ether oxygens (including phenoxy) is 2. The molecule has 0 heterocycles. The zero-order chi connectivity index (χ0) is 16.1. The molecule has 2 N–H and O–H groups in total. The summed E-state index contributed by atoms with van der Waals surface area (Å²) in [5.41, 5.74) is 9.94. The Bertz CT molecular complexity index is 656. The van der Waals surface area contributed by atoms with Gasteiger partial charge in [-0.15, -0.1) is 0 Å². The molecule has 2 aromatic rings. The summed E-state index contributed by atoms with van der Waals surface area (Å²) in [7, 11) is 1.68. The summed E-state index contributed by atoms with van der Waals surface area (Å²) in [6, 6.07) is 9.87. The first-order valence-corrected chi connectivity index (χ1v) is 7.69. The lowest BCUT2D eigenvalue weighted by Gasteiger charge is -2.15. The minimum atomic E-state index is 0.553. The first-order chi connectivity index (χ1) is 10.6. The van der Waals surface area contributed by atoms with E-state index in [2.05, 4.69) is 6.07 Å². The number of methoxy groups -OCH3 is 1. The summed E-state index contributed by atoms with van der Waals surface area (Å²) in [5, 5.41) is 0.750. The zero-order valence-corrected chi connectivity index (χ0v) is 14.0. The van der Waals surface area contributed by atoms with Gasteiger partial charge in [0.1, 0.15) is 11.5 Å². The monoisotopic (exact) mass is 319 g/mol. The van der Waals surface area contributed by atoms with Crippen molar-refractivity contribution in [1.82, 2.24) is 0 Å². The van der Waals surface area contributed by atoms with E-state index in [1.807, 2.05) is 38.1 Å². The maximum Gasteiger partial charge on any atom is 0.131 e. The van der Waals surface area contributed by atoms with Gasteiger partial charge < -0.3 is 15.2 Å². The molecule has 0 aromatic heterocycles. The van der Waals surface area contributed by atoms with Crippen molar-refractivity contribution in [2.24, 2.45) is 5.73 Å². The highest BCUT2D eigenvalue weighted by atomic mass is 35.5. The number of hydrogen-bond acceptors (Lipinski definition) is 3. The van der Waals surface area contributed by atoms with Gasteiger partial charge in [-0.05, 0) is 67.3 Å². The Morgan fingerprint density at radius 1 is 1.05 bits per heavy atom. The van der Waals surface area contributed by atoms with Crippen LogP contribution in [0.2, 0.25) is 5.02 Å². The van der Waals surface area contributed by atoms with E-state index in [1.54, 1.807) is 7.11 Å². The van der Waals surface area contributed by atoms with Gasteiger partial charge in [0.15, 0.2) is 0 Å². The van der Waals surface area contributed by atoms with Crippen molar-refractivity contribution in [2.45, 2.75) is 26.9 Å². The van der Waals surface area contributed by atoms with Crippen LogP contribution in [0.3, 0.4) is 0 Å². The van der Waals surface area contributed by atoms with Crippen LogP contribution in [0.5, 0.6) is 11.5 Å². The quantitative estimate of drug-likeness (QED) is 0.858. The van der Waals surface area contributed by atoms with E-state index in [0.717, 1.165) is 45.2 Å². The van der Waals surface area contributed by atoms with Crippen LogP contribution in [-0.2, 0) is 17.8 Å². The first kappa shape index (κ1) is 16.8. The zero-order valence-electron chi connectivity index (χ0n) is 13.3. The lowest BCUT2D eigenvalue weighted by molar-refractivity contribution is 0.184. The Hall–Kier alpha value is -1.55.